The molecule has 1 unspecified atom stereocenters. The Morgan fingerprint density at radius 3 is 2.71 bits per heavy atom. The van der Waals surface area contributed by atoms with E-state index in [1.807, 2.05) is 38.1 Å². The summed E-state index contributed by atoms with van der Waals surface area (Å²) in [7, 11) is 0. The summed E-state index contributed by atoms with van der Waals surface area (Å²) in [4.78, 5) is 12.4. The second kappa shape index (κ2) is 4.72. The quantitative estimate of drug-likeness (QED) is 0.823. The number of para-hydroxylation sites is 1. The van der Waals surface area contributed by atoms with Crippen LogP contribution in [0.3, 0.4) is 0 Å². The molecule has 0 aliphatic carbocycles. The van der Waals surface area contributed by atoms with Gasteiger partial charge in [0.25, 0.3) is 0 Å². The number of furan rings is 1. The molecule has 3 heteroatoms. The fourth-order valence-corrected chi connectivity index (χ4v) is 2.05. The van der Waals surface area contributed by atoms with Gasteiger partial charge in [-0.15, -0.1) is 0 Å². The molecule has 0 spiro atoms. The molecule has 90 valence electrons. The van der Waals surface area contributed by atoms with Gasteiger partial charge < -0.3 is 10.2 Å². The van der Waals surface area contributed by atoms with Crippen LogP contribution in [0, 0.1) is 11.8 Å². The summed E-state index contributed by atoms with van der Waals surface area (Å²) < 4.78 is 5.38. The third-order valence-electron chi connectivity index (χ3n) is 3.14. The summed E-state index contributed by atoms with van der Waals surface area (Å²) in [5, 5.41) is 0.872. The Balaban J connectivity index is 2.43. The van der Waals surface area contributed by atoms with Crippen LogP contribution in [-0.2, 0) is 0 Å². The second-order valence-electron chi connectivity index (χ2n) is 4.60. The normalized spacial score (nSPS) is 13.2. The first-order chi connectivity index (χ1) is 8.15. The number of hydrogen-bond acceptors (Lipinski definition) is 3. The van der Waals surface area contributed by atoms with Crippen LogP contribution < -0.4 is 5.73 Å². The van der Waals surface area contributed by atoms with Crippen LogP contribution in [0.1, 0.15) is 24.2 Å². The summed E-state index contributed by atoms with van der Waals surface area (Å²) in [6, 6.07) is 7.56. The van der Waals surface area contributed by atoms with Gasteiger partial charge in [0.15, 0.2) is 5.78 Å². The van der Waals surface area contributed by atoms with Crippen LogP contribution >= 0.6 is 0 Å². The lowest BCUT2D eigenvalue weighted by Gasteiger charge is -2.16. The SMILES string of the molecule is CC(C)C(CN)C(=O)c1coc2ccccc12. The first-order valence-electron chi connectivity index (χ1n) is 5.85. The number of rotatable bonds is 4. The first-order valence-corrected chi connectivity index (χ1v) is 5.85. The maximum atomic E-state index is 12.4. The van der Waals surface area contributed by atoms with E-state index in [1.54, 1.807) is 0 Å². The first kappa shape index (κ1) is 11.9. The molecule has 2 aromatic rings. The number of ketones is 1. The standard InChI is InChI=1S/C14H17NO2/c1-9(2)11(7-15)14(16)12-8-17-13-6-4-3-5-10(12)13/h3-6,8-9,11H,7,15H2,1-2H3. The van der Waals surface area contributed by atoms with Crippen molar-refractivity contribution in [2.45, 2.75) is 13.8 Å². The highest BCUT2D eigenvalue weighted by Crippen LogP contribution is 2.25. The van der Waals surface area contributed by atoms with Crippen LogP contribution in [0.15, 0.2) is 34.9 Å². The smallest absolute Gasteiger partial charge is 0.171 e. The van der Waals surface area contributed by atoms with Crippen molar-refractivity contribution in [1.29, 1.82) is 0 Å². The zero-order valence-electron chi connectivity index (χ0n) is 10.1. The number of carbonyl (C=O) groups is 1. The van der Waals surface area contributed by atoms with Gasteiger partial charge in [-0.05, 0) is 12.0 Å². The lowest BCUT2D eigenvalue weighted by atomic mass is 9.88. The van der Waals surface area contributed by atoms with Gasteiger partial charge in [-0.2, -0.15) is 0 Å². The Bertz CT molecular complexity index is 528. The number of fused-ring (bicyclic) bond motifs is 1. The molecule has 0 fully saturated rings. The van der Waals surface area contributed by atoms with Crippen molar-refractivity contribution in [1.82, 2.24) is 0 Å². The molecule has 1 atom stereocenters. The van der Waals surface area contributed by atoms with E-state index in [4.69, 9.17) is 10.2 Å². The molecule has 3 nitrogen and oxygen atoms in total. The lowest BCUT2D eigenvalue weighted by molar-refractivity contribution is 0.0893. The average molecular weight is 231 g/mol. The van der Waals surface area contributed by atoms with E-state index < -0.39 is 0 Å². The van der Waals surface area contributed by atoms with Gasteiger partial charge in [0.05, 0.1) is 5.56 Å². The molecule has 2 N–H and O–H groups in total. The van der Waals surface area contributed by atoms with Crippen molar-refractivity contribution >= 4 is 16.8 Å². The zero-order valence-corrected chi connectivity index (χ0v) is 10.1. The number of nitrogens with two attached hydrogens (primary N) is 1. The average Bonchev–Trinajstić information content (AvgIpc) is 2.72. The maximum Gasteiger partial charge on any atom is 0.171 e. The van der Waals surface area contributed by atoms with Gasteiger partial charge in [-0.1, -0.05) is 32.0 Å². The molecule has 1 heterocycles. The topological polar surface area (TPSA) is 56.2 Å². The number of carbonyl (C=O) groups excluding carboxylic acids is 1. The molecule has 0 bridgehead atoms. The highest BCUT2D eigenvalue weighted by atomic mass is 16.3. The molecule has 1 aromatic heterocycles. The van der Waals surface area contributed by atoms with E-state index in [0.29, 0.717) is 12.1 Å². The van der Waals surface area contributed by atoms with Crippen molar-refractivity contribution in [2.75, 3.05) is 6.54 Å². The molecule has 0 aliphatic rings. The zero-order chi connectivity index (χ0) is 12.4. The third-order valence-corrected chi connectivity index (χ3v) is 3.14. The van der Waals surface area contributed by atoms with Gasteiger partial charge in [-0.3, -0.25) is 4.79 Å². The van der Waals surface area contributed by atoms with Crippen LogP contribution in [0.5, 0.6) is 0 Å². The summed E-state index contributed by atoms with van der Waals surface area (Å²) in [5.74, 6) is 0.171. The van der Waals surface area contributed by atoms with E-state index in [0.717, 1.165) is 11.0 Å². The monoisotopic (exact) mass is 231 g/mol. The van der Waals surface area contributed by atoms with E-state index in [-0.39, 0.29) is 17.6 Å². The van der Waals surface area contributed by atoms with Crippen LogP contribution in [0.2, 0.25) is 0 Å². The molecule has 0 saturated heterocycles. The summed E-state index contributed by atoms with van der Waals surface area (Å²) in [6.45, 7) is 4.39. The Labute approximate surface area is 101 Å². The Morgan fingerprint density at radius 1 is 1.35 bits per heavy atom. The van der Waals surface area contributed by atoms with Crippen LogP contribution in [-0.4, -0.2) is 12.3 Å². The molecule has 0 radical (unpaired) electrons. The molecular formula is C14H17NO2. The Hall–Kier alpha value is -1.61. The van der Waals surface area contributed by atoms with Gasteiger partial charge in [0.1, 0.15) is 11.8 Å². The highest BCUT2D eigenvalue weighted by molar-refractivity contribution is 6.08. The number of Topliss-reactive ketones (excluding diaryl/α,β-unsaturated/α-hetero) is 1. The summed E-state index contributed by atoms with van der Waals surface area (Å²) >= 11 is 0. The number of benzene rings is 1. The Morgan fingerprint density at radius 2 is 2.06 bits per heavy atom. The van der Waals surface area contributed by atoms with Gasteiger partial charge in [0.2, 0.25) is 0 Å². The van der Waals surface area contributed by atoms with Gasteiger partial charge in [0, 0.05) is 17.8 Å². The predicted octanol–water partition coefficient (Wildman–Crippen LogP) is 2.85. The molecule has 2 rings (SSSR count). The third kappa shape index (κ3) is 2.11. The minimum absolute atomic E-state index is 0.0763. The fourth-order valence-electron chi connectivity index (χ4n) is 2.05. The van der Waals surface area contributed by atoms with Crippen LogP contribution in [0.4, 0.5) is 0 Å². The second-order valence-corrected chi connectivity index (χ2v) is 4.60. The summed E-state index contributed by atoms with van der Waals surface area (Å²) in [5.41, 5.74) is 7.06. The van der Waals surface area contributed by atoms with Crippen molar-refractivity contribution in [2.24, 2.45) is 17.6 Å². The molecule has 1 aromatic carbocycles. The van der Waals surface area contributed by atoms with Crippen molar-refractivity contribution < 1.29 is 9.21 Å². The van der Waals surface area contributed by atoms with Gasteiger partial charge in [-0.25, -0.2) is 0 Å². The van der Waals surface area contributed by atoms with E-state index in [9.17, 15) is 4.79 Å². The fraction of sp³-hybridized carbons (Fsp3) is 0.357. The van der Waals surface area contributed by atoms with E-state index in [2.05, 4.69) is 0 Å². The molecule has 0 amide bonds. The number of hydrogen-bond donors (Lipinski definition) is 1. The molecule has 0 saturated carbocycles. The summed E-state index contributed by atoms with van der Waals surface area (Å²) in [6.07, 6.45) is 1.54. The largest absolute Gasteiger partial charge is 0.464 e. The molecule has 17 heavy (non-hydrogen) atoms. The van der Waals surface area contributed by atoms with Gasteiger partial charge >= 0.3 is 0 Å². The predicted molar refractivity (Wildman–Crippen MR) is 67.9 cm³/mol. The van der Waals surface area contributed by atoms with Crippen LogP contribution in [0.25, 0.3) is 11.0 Å². The minimum Gasteiger partial charge on any atom is -0.464 e. The van der Waals surface area contributed by atoms with Crippen molar-refractivity contribution in [3.05, 3.63) is 36.1 Å². The van der Waals surface area contributed by atoms with Crippen molar-refractivity contribution in [3.63, 3.8) is 0 Å². The van der Waals surface area contributed by atoms with E-state index >= 15 is 0 Å². The van der Waals surface area contributed by atoms with Crippen molar-refractivity contribution in [3.8, 4) is 0 Å². The molecule has 0 aliphatic heterocycles. The maximum absolute atomic E-state index is 12.4. The minimum atomic E-state index is -0.143. The highest BCUT2D eigenvalue weighted by Gasteiger charge is 2.24. The Kier molecular flexibility index (Phi) is 3.29. The van der Waals surface area contributed by atoms with E-state index in [1.165, 1.54) is 6.26 Å². The molecular weight excluding hydrogens is 214 g/mol. The lowest BCUT2D eigenvalue weighted by Crippen LogP contribution is -2.28.